The van der Waals surface area contributed by atoms with Gasteiger partial charge >= 0.3 is 6.61 Å². The number of nitrogens with one attached hydrogen (secondary N) is 1. The molecular weight excluding hydrogens is 368 g/mol. The predicted octanol–water partition coefficient (Wildman–Crippen LogP) is 3.09. The van der Waals surface area contributed by atoms with E-state index >= 15 is 0 Å². The molecule has 1 aromatic heterocycles. The summed E-state index contributed by atoms with van der Waals surface area (Å²) in [6.07, 6.45) is 3.46. The second-order valence-electron chi connectivity index (χ2n) is 6.59. The molecule has 6 nitrogen and oxygen atoms in total. The molecule has 8 heteroatoms. The van der Waals surface area contributed by atoms with Gasteiger partial charge in [0, 0.05) is 37.4 Å². The summed E-state index contributed by atoms with van der Waals surface area (Å²) >= 11 is 0. The number of benzene rings is 1. The first-order valence-electron chi connectivity index (χ1n) is 9.11. The Hall–Kier alpha value is -2.74. The van der Waals surface area contributed by atoms with E-state index in [2.05, 4.69) is 19.9 Å². The number of pyridine rings is 1. The number of likely N-dealkylation sites (tertiary alicyclic amines) is 1. The van der Waals surface area contributed by atoms with E-state index in [1.807, 2.05) is 18.2 Å². The Morgan fingerprint density at radius 3 is 2.68 bits per heavy atom. The molecule has 3 rings (SSSR count). The van der Waals surface area contributed by atoms with Crippen LogP contribution in [-0.4, -0.2) is 48.6 Å². The van der Waals surface area contributed by atoms with Gasteiger partial charge in [-0.05, 0) is 43.2 Å². The minimum atomic E-state index is -2.95. The lowest BCUT2D eigenvalue weighted by Crippen LogP contribution is -2.44. The summed E-state index contributed by atoms with van der Waals surface area (Å²) in [6, 6.07) is 10.1. The van der Waals surface area contributed by atoms with Crippen molar-refractivity contribution in [2.45, 2.75) is 32.0 Å². The van der Waals surface area contributed by atoms with Crippen molar-refractivity contribution in [3.63, 3.8) is 0 Å². The summed E-state index contributed by atoms with van der Waals surface area (Å²) in [4.78, 5) is 19.2. The van der Waals surface area contributed by atoms with Gasteiger partial charge in [0.1, 0.15) is 0 Å². The average Bonchev–Trinajstić information content (AvgIpc) is 2.70. The zero-order valence-corrected chi connectivity index (χ0v) is 15.6. The van der Waals surface area contributed by atoms with Crippen molar-refractivity contribution in [1.29, 1.82) is 0 Å². The number of methoxy groups -OCH3 is 1. The molecule has 0 aliphatic carbocycles. The number of rotatable bonds is 7. The highest BCUT2D eigenvalue weighted by molar-refractivity contribution is 5.95. The summed E-state index contributed by atoms with van der Waals surface area (Å²) in [7, 11) is 1.34. The van der Waals surface area contributed by atoms with E-state index in [1.165, 1.54) is 25.3 Å². The topological polar surface area (TPSA) is 63.7 Å². The number of piperidine rings is 1. The number of carbonyl (C=O) groups is 1. The second kappa shape index (κ2) is 9.45. The number of alkyl halides is 2. The zero-order chi connectivity index (χ0) is 19.9. The molecule has 0 saturated carbocycles. The molecule has 2 heterocycles. The first-order valence-corrected chi connectivity index (χ1v) is 9.11. The van der Waals surface area contributed by atoms with Crippen LogP contribution in [-0.2, 0) is 6.54 Å². The van der Waals surface area contributed by atoms with Crippen molar-refractivity contribution in [2.75, 3.05) is 20.2 Å². The van der Waals surface area contributed by atoms with Gasteiger partial charge in [-0.1, -0.05) is 6.07 Å². The highest BCUT2D eigenvalue weighted by Gasteiger charge is 2.22. The molecule has 1 amide bonds. The Balaban J connectivity index is 1.53. The zero-order valence-electron chi connectivity index (χ0n) is 15.6. The lowest BCUT2D eigenvalue weighted by Gasteiger charge is -2.32. The van der Waals surface area contributed by atoms with Crippen molar-refractivity contribution < 1.29 is 23.0 Å². The molecule has 1 fully saturated rings. The molecule has 1 saturated heterocycles. The molecule has 0 atom stereocenters. The summed E-state index contributed by atoms with van der Waals surface area (Å²) < 4.78 is 34.2. The minimum absolute atomic E-state index is 0.0652. The van der Waals surface area contributed by atoms with Crippen LogP contribution >= 0.6 is 0 Å². The van der Waals surface area contributed by atoms with Crippen LogP contribution in [0.4, 0.5) is 8.78 Å². The number of aromatic nitrogens is 1. The predicted molar refractivity (Wildman–Crippen MR) is 99.6 cm³/mol. The number of hydrogen-bond donors (Lipinski definition) is 1. The maximum atomic E-state index is 12.5. The summed E-state index contributed by atoms with van der Waals surface area (Å²) in [5.41, 5.74) is 1.37. The Morgan fingerprint density at radius 2 is 2.04 bits per heavy atom. The number of halogens is 2. The third-order valence-corrected chi connectivity index (χ3v) is 4.68. The minimum Gasteiger partial charge on any atom is -0.493 e. The van der Waals surface area contributed by atoms with E-state index in [1.54, 1.807) is 6.20 Å². The molecule has 0 spiro atoms. The molecule has 1 aliphatic heterocycles. The van der Waals surface area contributed by atoms with Gasteiger partial charge in [0.05, 0.1) is 12.8 Å². The molecule has 1 aromatic carbocycles. The fourth-order valence-corrected chi connectivity index (χ4v) is 3.23. The average molecular weight is 391 g/mol. The van der Waals surface area contributed by atoms with E-state index in [-0.39, 0.29) is 23.4 Å². The van der Waals surface area contributed by atoms with Gasteiger partial charge < -0.3 is 14.8 Å². The van der Waals surface area contributed by atoms with Gasteiger partial charge in [-0.2, -0.15) is 8.78 Å². The smallest absolute Gasteiger partial charge is 0.387 e. The Labute approximate surface area is 162 Å². The Bertz CT molecular complexity index is 782. The van der Waals surface area contributed by atoms with E-state index in [0.29, 0.717) is 5.56 Å². The standard InChI is InChI=1S/C20H23F2N3O3/c1-27-18-12-14(5-6-17(18)28-20(21)22)19(26)24-15-7-10-25(11-8-15)13-16-4-2-3-9-23-16/h2-6,9,12,15,20H,7-8,10-11,13H2,1H3,(H,24,26). The van der Waals surface area contributed by atoms with Crippen molar-refractivity contribution in [3.05, 3.63) is 53.9 Å². The normalized spacial score (nSPS) is 15.4. The summed E-state index contributed by atoms with van der Waals surface area (Å²) in [5.74, 6) is -0.264. The summed E-state index contributed by atoms with van der Waals surface area (Å²) in [6.45, 7) is -0.424. The number of nitrogens with zero attached hydrogens (tertiary/aromatic N) is 2. The number of amides is 1. The molecule has 0 bridgehead atoms. The first kappa shape index (κ1) is 20.0. The Morgan fingerprint density at radius 1 is 1.25 bits per heavy atom. The maximum absolute atomic E-state index is 12.5. The van der Waals surface area contributed by atoms with Crippen molar-refractivity contribution in [2.24, 2.45) is 0 Å². The fraction of sp³-hybridized carbons (Fsp3) is 0.400. The first-order chi connectivity index (χ1) is 13.5. The molecule has 0 unspecified atom stereocenters. The quantitative estimate of drug-likeness (QED) is 0.786. The van der Waals surface area contributed by atoms with E-state index in [0.717, 1.165) is 38.2 Å². The van der Waals surface area contributed by atoms with Crippen molar-refractivity contribution >= 4 is 5.91 Å². The van der Waals surface area contributed by atoms with Crippen LogP contribution in [0.3, 0.4) is 0 Å². The van der Waals surface area contributed by atoms with Crippen LogP contribution in [0.2, 0.25) is 0 Å². The molecule has 28 heavy (non-hydrogen) atoms. The molecule has 150 valence electrons. The van der Waals surface area contributed by atoms with Gasteiger partial charge in [-0.3, -0.25) is 14.7 Å². The largest absolute Gasteiger partial charge is 0.493 e. The van der Waals surface area contributed by atoms with Crippen LogP contribution in [0.1, 0.15) is 28.9 Å². The highest BCUT2D eigenvalue weighted by Crippen LogP contribution is 2.29. The second-order valence-corrected chi connectivity index (χ2v) is 6.59. The van der Waals surface area contributed by atoms with Crippen LogP contribution in [0.15, 0.2) is 42.6 Å². The molecule has 1 N–H and O–H groups in total. The van der Waals surface area contributed by atoms with Crippen LogP contribution in [0, 0.1) is 0 Å². The monoisotopic (exact) mass is 391 g/mol. The van der Waals surface area contributed by atoms with Gasteiger partial charge in [-0.15, -0.1) is 0 Å². The highest BCUT2D eigenvalue weighted by atomic mass is 19.3. The van der Waals surface area contributed by atoms with E-state index in [4.69, 9.17) is 4.74 Å². The van der Waals surface area contributed by atoms with Gasteiger partial charge in [0.2, 0.25) is 0 Å². The summed E-state index contributed by atoms with van der Waals surface area (Å²) in [5, 5.41) is 3.01. The number of hydrogen-bond acceptors (Lipinski definition) is 5. The number of ether oxygens (including phenoxy) is 2. The molecular formula is C20H23F2N3O3. The SMILES string of the molecule is COc1cc(C(=O)NC2CCN(Cc3ccccn3)CC2)ccc1OC(F)F. The van der Waals surface area contributed by atoms with Crippen LogP contribution in [0.5, 0.6) is 11.5 Å². The van der Waals surface area contributed by atoms with Crippen LogP contribution < -0.4 is 14.8 Å². The molecule has 2 aromatic rings. The van der Waals surface area contributed by atoms with Gasteiger partial charge in [-0.25, -0.2) is 0 Å². The van der Waals surface area contributed by atoms with Crippen molar-refractivity contribution in [3.8, 4) is 11.5 Å². The Kier molecular flexibility index (Phi) is 6.76. The lowest BCUT2D eigenvalue weighted by molar-refractivity contribution is -0.0512. The molecule has 0 radical (unpaired) electrons. The maximum Gasteiger partial charge on any atom is 0.387 e. The lowest BCUT2D eigenvalue weighted by atomic mass is 10.0. The third-order valence-electron chi connectivity index (χ3n) is 4.68. The van der Waals surface area contributed by atoms with Crippen molar-refractivity contribution in [1.82, 2.24) is 15.2 Å². The molecule has 1 aliphatic rings. The van der Waals surface area contributed by atoms with E-state index in [9.17, 15) is 13.6 Å². The third kappa shape index (κ3) is 5.39. The van der Waals surface area contributed by atoms with E-state index < -0.39 is 6.61 Å². The number of carbonyl (C=O) groups excluding carboxylic acids is 1. The van der Waals surface area contributed by atoms with Gasteiger partial charge in [0.25, 0.3) is 5.91 Å². The van der Waals surface area contributed by atoms with Gasteiger partial charge in [0.15, 0.2) is 11.5 Å². The fourth-order valence-electron chi connectivity index (χ4n) is 3.23. The van der Waals surface area contributed by atoms with Crippen LogP contribution in [0.25, 0.3) is 0 Å².